The van der Waals surface area contributed by atoms with E-state index in [-0.39, 0.29) is 11.7 Å². The summed E-state index contributed by atoms with van der Waals surface area (Å²) in [6.07, 6.45) is 2.74. The fourth-order valence-corrected chi connectivity index (χ4v) is 1.23. The van der Waals surface area contributed by atoms with E-state index in [4.69, 9.17) is 11.6 Å². The van der Waals surface area contributed by atoms with Crippen LogP contribution in [0.15, 0.2) is 18.6 Å². The molecule has 0 aliphatic heterocycles. The van der Waals surface area contributed by atoms with E-state index in [1.54, 1.807) is 13.0 Å². The van der Waals surface area contributed by atoms with Crippen LogP contribution in [0.2, 0.25) is 5.15 Å². The van der Waals surface area contributed by atoms with Crippen molar-refractivity contribution < 1.29 is 4.79 Å². The molecule has 6 nitrogen and oxygen atoms in total. The lowest BCUT2D eigenvalue weighted by Crippen LogP contribution is -2.14. The maximum absolute atomic E-state index is 11.6. The van der Waals surface area contributed by atoms with E-state index in [0.717, 1.165) is 5.56 Å². The van der Waals surface area contributed by atoms with Crippen LogP contribution < -0.4 is 5.32 Å². The molecule has 0 unspecified atom stereocenters. The Hall–Kier alpha value is -1.95. The first kappa shape index (κ1) is 10.6. The van der Waals surface area contributed by atoms with Gasteiger partial charge in [0.15, 0.2) is 0 Å². The van der Waals surface area contributed by atoms with Crippen molar-refractivity contribution in [3.63, 3.8) is 0 Å². The predicted molar refractivity (Wildman–Crippen MR) is 58.3 cm³/mol. The highest BCUT2D eigenvalue weighted by atomic mass is 35.5. The maximum atomic E-state index is 11.6. The van der Waals surface area contributed by atoms with Crippen molar-refractivity contribution in [2.24, 2.45) is 0 Å². The van der Waals surface area contributed by atoms with E-state index < -0.39 is 0 Å². The van der Waals surface area contributed by atoms with Gasteiger partial charge in [-0.05, 0) is 18.6 Å². The molecule has 2 aromatic rings. The molecule has 0 fully saturated rings. The van der Waals surface area contributed by atoms with Gasteiger partial charge >= 0.3 is 0 Å². The minimum Gasteiger partial charge on any atom is -0.318 e. The zero-order valence-corrected chi connectivity index (χ0v) is 9.12. The molecule has 0 saturated carbocycles. The van der Waals surface area contributed by atoms with Gasteiger partial charge in [0.2, 0.25) is 5.82 Å². The van der Waals surface area contributed by atoms with Gasteiger partial charge in [-0.1, -0.05) is 11.6 Å². The summed E-state index contributed by atoms with van der Waals surface area (Å²) in [5.74, 6) is -0.228. The summed E-state index contributed by atoms with van der Waals surface area (Å²) in [6.45, 7) is 1.80. The van der Waals surface area contributed by atoms with Gasteiger partial charge in [-0.25, -0.2) is 9.97 Å². The van der Waals surface area contributed by atoms with Crippen LogP contribution in [-0.2, 0) is 0 Å². The number of nitrogens with zero attached hydrogens (tertiary/aromatic N) is 3. The van der Waals surface area contributed by atoms with E-state index >= 15 is 0 Å². The summed E-state index contributed by atoms with van der Waals surface area (Å²) in [5, 5.41) is 9.08. The highest BCUT2D eigenvalue weighted by Crippen LogP contribution is 2.16. The first-order chi connectivity index (χ1) is 7.66. The predicted octanol–water partition coefficient (Wildman–Crippen LogP) is 1.41. The number of aromatic nitrogens is 4. The topological polar surface area (TPSA) is 83.6 Å². The number of rotatable bonds is 2. The van der Waals surface area contributed by atoms with E-state index in [9.17, 15) is 4.79 Å². The molecule has 16 heavy (non-hydrogen) atoms. The summed E-state index contributed by atoms with van der Waals surface area (Å²) < 4.78 is 0. The van der Waals surface area contributed by atoms with Crippen LogP contribution in [0.3, 0.4) is 0 Å². The van der Waals surface area contributed by atoms with Crippen LogP contribution in [-0.4, -0.2) is 26.1 Å². The minimum atomic E-state index is -0.374. The molecule has 0 saturated heterocycles. The molecule has 7 heteroatoms. The molecule has 2 aromatic heterocycles. The standard InChI is InChI=1S/C9H8ClN5O/c1-5-2-6(3-11-7(5)10)14-9(16)8-12-4-13-15-8/h2-4H,1H3,(H,14,16)(H,12,13,15). The number of aromatic amines is 1. The molecule has 1 amide bonds. The van der Waals surface area contributed by atoms with Crippen LogP contribution in [0.4, 0.5) is 5.69 Å². The zero-order chi connectivity index (χ0) is 11.5. The third-order valence-corrected chi connectivity index (χ3v) is 2.30. The third kappa shape index (κ3) is 2.17. The largest absolute Gasteiger partial charge is 0.318 e. The van der Waals surface area contributed by atoms with E-state index in [1.165, 1.54) is 12.5 Å². The number of hydrogen-bond donors (Lipinski definition) is 2. The number of pyridine rings is 1. The van der Waals surface area contributed by atoms with Crippen LogP contribution >= 0.6 is 11.6 Å². The van der Waals surface area contributed by atoms with Crippen molar-refractivity contribution in [1.82, 2.24) is 20.2 Å². The van der Waals surface area contributed by atoms with E-state index in [0.29, 0.717) is 10.8 Å². The Labute approximate surface area is 96.1 Å². The summed E-state index contributed by atoms with van der Waals surface area (Å²) in [4.78, 5) is 19.2. The SMILES string of the molecule is Cc1cc(NC(=O)c2ncn[nH]2)cnc1Cl. The molecule has 0 spiro atoms. The van der Waals surface area contributed by atoms with Crippen molar-refractivity contribution in [1.29, 1.82) is 0 Å². The van der Waals surface area contributed by atoms with Crippen LogP contribution in [0, 0.1) is 6.92 Å². The average molecular weight is 238 g/mol. The number of hydrogen-bond acceptors (Lipinski definition) is 4. The number of aryl methyl sites for hydroxylation is 1. The Kier molecular flexibility index (Phi) is 2.82. The monoisotopic (exact) mass is 237 g/mol. The average Bonchev–Trinajstić information content (AvgIpc) is 2.77. The van der Waals surface area contributed by atoms with Gasteiger partial charge in [-0.2, -0.15) is 5.10 Å². The first-order valence-corrected chi connectivity index (χ1v) is 4.83. The summed E-state index contributed by atoms with van der Waals surface area (Å²) in [6, 6.07) is 1.73. The zero-order valence-electron chi connectivity index (χ0n) is 8.36. The summed E-state index contributed by atoms with van der Waals surface area (Å²) in [7, 11) is 0. The Bertz CT molecular complexity index is 511. The van der Waals surface area contributed by atoms with Gasteiger partial charge in [-0.3, -0.25) is 9.89 Å². The van der Waals surface area contributed by atoms with Crippen molar-refractivity contribution in [2.75, 3.05) is 5.32 Å². The number of amides is 1. The van der Waals surface area contributed by atoms with Crippen molar-refractivity contribution in [3.8, 4) is 0 Å². The van der Waals surface area contributed by atoms with Gasteiger partial charge in [0.25, 0.3) is 5.91 Å². The number of nitrogens with one attached hydrogen (secondary N) is 2. The van der Waals surface area contributed by atoms with Gasteiger partial charge in [0.1, 0.15) is 11.5 Å². The molecular formula is C9H8ClN5O. The fourth-order valence-electron chi connectivity index (χ4n) is 1.13. The van der Waals surface area contributed by atoms with Gasteiger partial charge < -0.3 is 5.32 Å². The van der Waals surface area contributed by atoms with Gasteiger partial charge in [-0.15, -0.1) is 0 Å². The Morgan fingerprint density at radius 3 is 2.94 bits per heavy atom. The molecule has 0 aromatic carbocycles. The van der Waals surface area contributed by atoms with Crippen LogP contribution in [0.25, 0.3) is 0 Å². The molecule has 2 N–H and O–H groups in total. The quantitative estimate of drug-likeness (QED) is 0.774. The molecule has 0 aliphatic rings. The molecule has 0 aliphatic carbocycles. The van der Waals surface area contributed by atoms with Crippen molar-refractivity contribution in [3.05, 3.63) is 35.1 Å². The smallest absolute Gasteiger partial charge is 0.293 e. The molecule has 0 bridgehead atoms. The lowest BCUT2D eigenvalue weighted by Gasteiger charge is -2.04. The molecule has 0 atom stereocenters. The number of halogens is 1. The first-order valence-electron chi connectivity index (χ1n) is 4.45. The van der Waals surface area contributed by atoms with E-state index in [2.05, 4.69) is 25.5 Å². The molecule has 2 rings (SSSR count). The summed E-state index contributed by atoms with van der Waals surface area (Å²) >= 11 is 5.76. The molecule has 0 radical (unpaired) electrons. The highest BCUT2D eigenvalue weighted by Gasteiger charge is 2.09. The van der Waals surface area contributed by atoms with Gasteiger partial charge in [0, 0.05) is 0 Å². The second-order valence-electron chi connectivity index (χ2n) is 3.12. The Morgan fingerprint density at radius 2 is 2.31 bits per heavy atom. The highest BCUT2D eigenvalue weighted by molar-refractivity contribution is 6.30. The molecular weight excluding hydrogens is 230 g/mol. The Morgan fingerprint density at radius 1 is 1.50 bits per heavy atom. The Balaban J connectivity index is 2.15. The number of carbonyl (C=O) groups excluding carboxylic acids is 1. The van der Waals surface area contributed by atoms with Crippen LogP contribution in [0.5, 0.6) is 0 Å². The maximum Gasteiger partial charge on any atom is 0.293 e. The van der Waals surface area contributed by atoms with E-state index in [1.807, 2.05) is 0 Å². The second-order valence-corrected chi connectivity index (χ2v) is 3.48. The number of H-pyrrole nitrogens is 1. The van der Waals surface area contributed by atoms with Crippen molar-refractivity contribution >= 4 is 23.2 Å². The normalized spacial score (nSPS) is 10.1. The van der Waals surface area contributed by atoms with Crippen molar-refractivity contribution in [2.45, 2.75) is 6.92 Å². The molecule has 82 valence electrons. The molecule has 2 heterocycles. The van der Waals surface area contributed by atoms with Gasteiger partial charge in [0.05, 0.1) is 11.9 Å². The summed E-state index contributed by atoms with van der Waals surface area (Å²) in [5.41, 5.74) is 1.35. The van der Waals surface area contributed by atoms with Crippen LogP contribution in [0.1, 0.15) is 16.2 Å². The third-order valence-electron chi connectivity index (χ3n) is 1.90. The fraction of sp³-hybridized carbons (Fsp3) is 0.111. The lowest BCUT2D eigenvalue weighted by atomic mass is 10.3. The number of anilines is 1. The minimum absolute atomic E-state index is 0.146. The second kappa shape index (κ2) is 4.28. The lowest BCUT2D eigenvalue weighted by molar-refractivity contribution is 0.101. The number of carbonyl (C=O) groups is 1.